The van der Waals surface area contributed by atoms with E-state index in [2.05, 4.69) is 98.5 Å². The van der Waals surface area contributed by atoms with Crippen LogP contribution in [0.4, 0.5) is 5.69 Å². The maximum absolute atomic E-state index is 6.29. The third-order valence-electron chi connectivity index (χ3n) is 6.75. The number of ether oxygens (including phenoxy) is 1. The number of hydrogen-bond acceptors (Lipinski definition) is 3. The molecule has 0 fully saturated rings. The van der Waals surface area contributed by atoms with Crippen molar-refractivity contribution < 1.29 is 9.16 Å². The topological polar surface area (TPSA) is 35.4 Å². The number of fused-ring (bicyclic) bond motifs is 1. The van der Waals surface area contributed by atoms with Crippen molar-refractivity contribution in [3.8, 4) is 11.4 Å². The van der Waals surface area contributed by atoms with Gasteiger partial charge in [0.05, 0.1) is 17.8 Å². The molecule has 1 heterocycles. The standard InChI is InChI=1S/C29H36N2O2Si/c1-29(2,3)34(4,5)33-20-18-30-25-15-16-26-24(21-25)17-19-31(26)27-13-9-10-14-28(27)32-22-23-11-7-6-8-12-23/h6-17,19,21,30H,18,20,22H2,1-5H3. The quantitative estimate of drug-likeness (QED) is 0.201. The van der Waals surface area contributed by atoms with Gasteiger partial charge in [-0.1, -0.05) is 63.2 Å². The van der Waals surface area contributed by atoms with E-state index in [0.29, 0.717) is 6.61 Å². The Morgan fingerprint density at radius 2 is 1.62 bits per heavy atom. The lowest BCUT2D eigenvalue weighted by molar-refractivity contribution is 0.301. The SMILES string of the molecule is CC(C)(C)[Si](C)(C)OCCNc1ccc2c(ccn2-c2ccccc2OCc2ccccc2)c1. The van der Waals surface area contributed by atoms with Crippen LogP contribution in [0.2, 0.25) is 18.1 Å². The number of benzene rings is 3. The van der Waals surface area contributed by atoms with E-state index in [9.17, 15) is 0 Å². The lowest BCUT2D eigenvalue weighted by atomic mass is 10.2. The van der Waals surface area contributed by atoms with Gasteiger partial charge in [0, 0.05) is 23.8 Å². The molecule has 0 spiro atoms. The van der Waals surface area contributed by atoms with Crippen molar-refractivity contribution >= 4 is 24.9 Å². The van der Waals surface area contributed by atoms with Gasteiger partial charge >= 0.3 is 0 Å². The Labute approximate surface area is 204 Å². The van der Waals surface area contributed by atoms with E-state index in [1.54, 1.807) is 0 Å². The third kappa shape index (κ3) is 5.54. The molecule has 4 rings (SSSR count). The minimum absolute atomic E-state index is 0.232. The zero-order valence-electron chi connectivity index (χ0n) is 21.0. The summed E-state index contributed by atoms with van der Waals surface area (Å²) in [6.07, 6.45) is 2.11. The monoisotopic (exact) mass is 472 g/mol. The molecule has 1 aromatic heterocycles. The number of para-hydroxylation sites is 2. The van der Waals surface area contributed by atoms with E-state index in [0.717, 1.165) is 41.4 Å². The molecular formula is C29H36N2O2Si. The summed E-state index contributed by atoms with van der Waals surface area (Å²) >= 11 is 0. The summed E-state index contributed by atoms with van der Waals surface area (Å²) < 4.78 is 14.7. The molecule has 4 nitrogen and oxygen atoms in total. The van der Waals surface area contributed by atoms with Crippen molar-refractivity contribution in [3.63, 3.8) is 0 Å². The molecule has 0 radical (unpaired) electrons. The zero-order valence-corrected chi connectivity index (χ0v) is 22.0. The van der Waals surface area contributed by atoms with E-state index in [1.807, 2.05) is 30.3 Å². The third-order valence-corrected chi connectivity index (χ3v) is 11.3. The molecule has 0 amide bonds. The Morgan fingerprint density at radius 1 is 0.882 bits per heavy atom. The zero-order chi connectivity index (χ0) is 24.2. The predicted molar refractivity (Wildman–Crippen MR) is 146 cm³/mol. The highest BCUT2D eigenvalue weighted by atomic mass is 28.4. The largest absolute Gasteiger partial charge is 0.487 e. The van der Waals surface area contributed by atoms with E-state index in [4.69, 9.17) is 9.16 Å². The van der Waals surface area contributed by atoms with Crippen molar-refractivity contribution in [2.75, 3.05) is 18.5 Å². The molecule has 0 atom stereocenters. The van der Waals surface area contributed by atoms with Gasteiger partial charge in [-0.25, -0.2) is 0 Å². The summed E-state index contributed by atoms with van der Waals surface area (Å²) in [5.74, 6) is 0.869. The van der Waals surface area contributed by atoms with Crippen LogP contribution < -0.4 is 10.1 Å². The lowest BCUT2D eigenvalue weighted by Crippen LogP contribution is -2.41. The van der Waals surface area contributed by atoms with Gasteiger partial charge in [0.25, 0.3) is 0 Å². The number of nitrogens with one attached hydrogen (secondary N) is 1. The van der Waals surface area contributed by atoms with Crippen molar-refractivity contribution in [2.45, 2.75) is 45.5 Å². The van der Waals surface area contributed by atoms with Gasteiger partial charge in [-0.05, 0) is 60.1 Å². The average molecular weight is 473 g/mol. The van der Waals surface area contributed by atoms with Crippen LogP contribution in [-0.2, 0) is 11.0 Å². The molecule has 0 saturated heterocycles. The fourth-order valence-electron chi connectivity index (χ4n) is 3.69. The maximum Gasteiger partial charge on any atom is 0.192 e. The van der Waals surface area contributed by atoms with Crippen molar-refractivity contribution in [3.05, 3.63) is 90.6 Å². The van der Waals surface area contributed by atoms with E-state index in [-0.39, 0.29) is 5.04 Å². The molecule has 4 aromatic rings. The van der Waals surface area contributed by atoms with Crippen LogP contribution in [0.5, 0.6) is 5.75 Å². The molecule has 178 valence electrons. The summed E-state index contributed by atoms with van der Waals surface area (Å²) in [4.78, 5) is 0. The smallest absolute Gasteiger partial charge is 0.192 e. The molecule has 5 heteroatoms. The van der Waals surface area contributed by atoms with Crippen molar-refractivity contribution in [1.29, 1.82) is 0 Å². The molecule has 0 saturated carbocycles. The second kappa shape index (κ2) is 10.1. The number of rotatable bonds is 9. The molecule has 0 aliphatic heterocycles. The highest BCUT2D eigenvalue weighted by Gasteiger charge is 2.36. The molecule has 0 unspecified atom stereocenters. The molecule has 0 aliphatic carbocycles. The van der Waals surface area contributed by atoms with Crippen molar-refractivity contribution in [2.24, 2.45) is 0 Å². The highest BCUT2D eigenvalue weighted by Crippen LogP contribution is 2.36. The second-order valence-electron chi connectivity index (χ2n) is 10.2. The number of nitrogens with zero attached hydrogens (tertiary/aromatic N) is 1. The fraction of sp³-hybridized carbons (Fsp3) is 0.310. The lowest BCUT2D eigenvalue weighted by Gasteiger charge is -2.36. The number of aromatic nitrogens is 1. The first kappa shape index (κ1) is 24.1. The summed E-state index contributed by atoms with van der Waals surface area (Å²) in [5, 5.41) is 4.94. The van der Waals surface area contributed by atoms with Crippen LogP contribution >= 0.6 is 0 Å². The Bertz CT molecular complexity index is 1230. The van der Waals surface area contributed by atoms with Gasteiger partial charge in [-0.15, -0.1) is 0 Å². The summed E-state index contributed by atoms with van der Waals surface area (Å²) in [6, 6.07) is 27.1. The maximum atomic E-state index is 6.29. The molecule has 1 N–H and O–H groups in total. The Balaban J connectivity index is 1.45. The van der Waals surface area contributed by atoms with Gasteiger partial charge in [-0.3, -0.25) is 0 Å². The summed E-state index contributed by atoms with van der Waals surface area (Å²) in [6.45, 7) is 13.5. The number of anilines is 1. The van der Waals surface area contributed by atoms with Gasteiger partial charge in [0.15, 0.2) is 8.32 Å². The molecule has 34 heavy (non-hydrogen) atoms. The minimum atomic E-state index is -1.71. The fourth-order valence-corrected chi connectivity index (χ4v) is 4.74. The second-order valence-corrected chi connectivity index (χ2v) is 15.0. The summed E-state index contributed by atoms with van der Waals surface area (Å²) in [7, 11) is -1.71. The molecular weight excluding hydrogens is 436 g/mol. The van der Waals surface area contributed by atoms with Gasteiger partial charge in [0.2, 0.25) is 0 Å². The van der Waals surface area contributed by atoms with E-state index < -0.39 is 8.32 Å². The van der Waals surface area contributed by atoms with Gasteiger partial charge < -0.3 is 19.0 Å². The number of hydrogen-bond donors (Lipinski definition) is 1. The van der Waals surface area contributed by atoms with Crippen LogP contribution in [0.3, 0.4) is 0 Å². The van der Waals surface area contributed by atoms with E-state index in [1.165, 1.54) is 5.39 Å². The van der Waals surface area contributed by atoms with Gasteiger partial charge in [-0.2, -0.15) is 0 Å². The Morgan fingerprint density at radius 3 is 2.38 bits per heavy atom. The van der Waals surface area contributed by atoms with Crippen LogP contribution in [0, 0.1) is 0 Å². The first-order valence-corrected chi connectivity index (χ1v) is 14.9. The van der Waals surface area contributed by atoms with Crippen LogP contribution in [0.25, 0.3) is 16.6 Å². The summed E-state index contributed by atoms with van der Waals surface area (Å²) in [5.41, 5.74) is 4.45. The first-order chi connectivity index (χ1) is 16.2. The van der Waals surface area contributed by atoms with Crippen LogP contribution in [-0.4, -0.2) is 26.0 Å². The molecule has 0 aliphatic rings. The van der Waals surface area contributed by atoms with Crippen LogP contribution in [0.15, 0.2) is 85.1 Å². The van der Waals surface area contributed by atoms with Crippen LogP contribution in [0.1, 0.15) is 26.3 Å². The first-order valence-electron chi connectivity index (χ1n) is 12.0. The highest BCUT2D eigenvalue weighted by molar-refractivity contribution is 6.74. The van der Waals surface area contributed by atoms with Crippen molar-refractivity contribution in [1.82, 2.24) is 4.57 Å². The molecule has 3 aromatic carbocycles. The Hall–Kier alpha value is -3.02. The van der Waals surface area contributed by atoms with Gasteiger partial charge in [0.1, 0.15) is 12.4 Å². The predicted octanol–water partition coefficient (Wildman–Crippen LogP) is 7.64. The molecule has 0 bridgehead atoms. The Kier molecular flexibility index (Phi) is 7.15. The van der Waals surface area contributed by atoms with E-state index >= 15 is 0 Å². The minimum Gasteiger partial charge on any atom is -0.487 e. The normalized spacial score (nSPS) is 12.1. The average Bonchev–Trinajstić information content (AvgIpc) is 3.24.